The van der Waals surface area contributed by atoms with E-state index in [0.717, 1.165) is 36.9 Å². The van der Waals surface area contributed by atoms with Gasteiger partial charge in [-0.2, -0.15) is 0 Å². The Labute approximate surface area is 217 Å². The number of hydrogen-bond donors (Lipinski definition) is 1. The topological polar surface area (TPSA) is 53.2 Å². The van der Waals surface area contributed by atoms with Gasteiger partial charge in [0.25, 0.3) is 0 Å². The van der Waals surface area contributed by atoms with Gasteiger partial charge in [0.05, 0.1) is 17.5 Å². The fourth-order valence-electron chi connectivity index (χ4n) is 7.29. The molecule has 1 aliphatic heterocycles. The average molecular weight is 487 g/mol. The zero-order valence-corrected chi connectivity index (χ0v) is 20.7. The van der Waals surface area contributed by atoms with E-state index in [4.69, 9.17) is 0 Å². The van der Waals surface area contributed by atoms with Crippen molar-refractivity contribution in [2.75, 3.05) is 4.90 Å². The number of nitrogens with zero attached hydrogens (tertiary/aromatic N) is 1. The molecule has 2 aliphatic carbocycles. The van der Waals surface area contributed by atoms with Gasteiger partial charge in [-0.1, -0.05) is 78.9 Å². The SMILES string of the molecule is O=C1[C@H]2[C@H]3CC(c4ccccc4)CC[C@@H]3c3[nH]c(Cc4ccccc4)cc3[C@H]2C(=O)N1c1ccccc1. The summed E-state index contributed by atoms with van der Waals surface area (Å²) in [5.41, 5.74) is 6.63. The average Bonchev–Trinajstić information content (AvgIpc) is 3.48. The van der Waals surface area contributed by atoms with E-state index in [0.29, 0.717) is 11.6 Å². The normalized spacial score (nSPS) is 26.5. The standard InChI is InChI=1S/C33H30N2O2/c36-32-29-27-19-23(22-12-6-2-7-13-22)16-17-26(27)31-28(20-24(34-31)18-21-10-4-1-5-11-21)30(29)33(37)35(32)25-14-8-3-9-15-25/h1-15,20,23,26-27,29-30,34H,16-19H2/t23?,26-,27-,29-,30+/m0/s1. The molecule has 1 saturated carbocycles. The number of nitrogens with one attached hydrogen (secondary N) is 1. The highest BCUT2D eigenvalue weighted by Crippen LogP contribution is 2.58. The molecule has 37 heavy (non-hydrogen) atoms. The van der Waals surface area contributed by atoms with Crippen molar-refractivity contribution in [1.82, 2.24) is 4.98 Å². The molecule has 2 fully saturated rings. The molecule has 1 N–H and O–H groups in total. The van der Waals surface area contributed by atoms with Gasteiger partial charge in [0, 0.05) is 23.7 Å². The first kappa shape index (κ1) is 22.3. The molecule has 3 aromatic carbocycles. The first-order chi connectivity index (χ1) is 18.2. The summed E-state index contributed by atoms with van der Waals surface area (Å²) in [5, 5.41) is 0. The monoisotopic (exact) mass is 486 g/mol. The number of rotatable bonds is 4. The second kappa shape index (κ2) is 8.88. The van der Waals surface area contributed by atoms with Crippen molar-refractivity contribution in [1.29, 1.82) is 0 Å². The zero-order chi connectivity index (χ0) is 24.9. The zero-order valence-electron chi connectivity index (χ0n) is 20.7. The summed E-state index contributed by atoms with van der Waals surface area (Å²) < 4.78 is 0. The highest BCUT2D eigenvalue weighted by atomic mass is 16.2. The molecular formula is C33H30N2O2. The van der Waals surface area contributed by atoms with Crippen molar-refractivity contribution in [2.45, 2.75) is 43.4 Å². The Morgan fingerprint density at radius 3 is 2.19 bits per heavy atom. The number of hydrogen-bond acceptors (Lipinski definition) is 2. The van der Waals surface area contributed by atoms with Crippen LogP contribution in [0, 0.1) is 11.8 Å². The summed E-state index contributed by atoms with van der Waals surface area (Å²) in [6, 6.07) is 32.7. The second-order valence-corrected chi connectivity index (χ2v) is 10.9. The smallest absolute Gasteiger partial charge is 0.242 e. The molecule has 1 unspecified atom stereocenters. The first-order valence-electron chi connectivity index (χ1n) is 13.4. The third-order valence-corrected chi connectivity index (χ3v) is 8.88. The number of carbonyl (C=O) groups is 2. The number of anilines is 1. The van der Waals surface area contributed by atoms with Crippen LogP contribution < -0.4 is 4.90 Å². The fraction of sp³-hybridized carbons (Fsp3) is 0.273. The van der Waals surface area contributed by atoms with Crippen LogP contribution in [0.5, 0.6) is 0 Å². The molecule has 4 heteroatoms. The van der Waals surface area contributed by atoms with E-state index in [9.17, 15) is 9.59 Å². The minimum Gasteiger partial charge on any atom is -0.361 e. The van der Waals surface area contributed by atoms with Crippen LogP contribution in [0.2, 0.25) is 0 Å². The van der Waals surface area contributed by atoms with Crippen molar-refractivity contribution in [3.05, 3.63) is 125 Å². The molecule has 3 aliphatic rings. The highest BCUT2D eigenvalue weighted by Gasteiger charge is 2.58. The van der Waals surface area contributed by atoms with Crippen molar-refractivity contribution in [3.63, 3.8) is 0 Å². The maximum absolute atomic E-state index is 14.1. The van der Waals surface area contributed by atoms with Crippen LogP contribution in [0.3, 0.4) is 0 Å². The number of para-hydroxylation sites is 1. The molecule has 184 valence electrons. The molecule has 1 saturated heterocycles. The predicted molar refractivity (Wildman–Crippen MR) is 144 cm³/mol. The van der Waals surface area contributed by atoms with E-state index >= 15 is 0 Å². The molecule has 0 spiro atoms. The molecular weight excluding hydrogens is 456 g/mol. The third-order valence-electron chi connectivity index (χ3n) is 8.88. The summed E-state index contributed by atoms with van der Waals surface area (Å²) in [5.74, 6) is 0.000782. The molecule has 4 aromatic rings. The molecule has 5 atom stereocenters. The lowest BCUT2D eigenvalue weighted by Gasteiger charge is -2.43. The lowest BCUT2D eigenvalue weighted by atomic mass is 9.59. The number of amides is 2. The lowest BCUT2D eigenvalue weighted by Crippen LogP contribution is -2.39. The summed E-state index contributed by atoms with van der Waals surface area (Å²) in [6.07, 6.45) is 3.85. The largest absolute Gasteiger partial charge is 0.361 e. The van der Waals surface area contributed by atoms with E-state index in [1.54, 1.807) is 0 Å². The van der Waals surface area contributed by atoms with Crippen LogP contribution in [0.15, 0.2) is 97.1 Å². The fourth-order valence-corrected chi connectivity index (χ4v) is 7.29. The number of aromatic amines is 1. The van der Waals surface area contributed by atoms with E-state index < -0.39 is 5.92 Å². The van der Waals surface area contributed by atoms with Crippen molar-refractivity contribution < 1.29 is 9.59 Å². The second-order valence-electron chi connectivity index (χ2n) is 10.9. The Morgan fingerprint density at radius 1 is 0.784 bits per heavy atom. The Hall–Kier alpha value is -3.92. The van der Waals surface area contributed by atoms with Crippen molar-refractivity contribution in [3.8, 4) is 0 Å². The first-order valence-corrected chi connectivity index (χ1v) is 13.4. The summed E-state index contributed by atoms with van der Waals surface area (Å²) in [6.45, 7) is 0. The van der Waals surface area contributed by atoms with E-state index in [2.05, 4.69) is 65.6 Å². The number of benzene rings is 3. The van der Waals surface area contributed by atoms with Crippen LogP contribution in [-0.2, 0) is 16.0 Å². The van der Waals surface area contributed by atoms with Crippen LogP contribution in [0.4, 0.5) is 5.69 Å². The quantitative estimate of drug-likeness (QED) is 0.332. The number of H-pyrrole nitrogens is 1. The van der Waals surface area contributed by atoms with Crippen LogP contribution in [0.1, 0.15) is 65.1 Å². The highest BCUT2D eigenvalue weighted by molar-refractivity contribution is 6.24. The van der Waals surface area contributed by atoms with E-state index in [1.165, 1.54) is 21.7 Å². The van der Waals surface area contributed by atoms with Gasteiger partial charge in [0.2, 0.25) is 11.8 Å². The van der Waals surface area contributed by atoms with Gasteiger partial charge in [-0.15, -0.1) is 0 Å². The summed E-state index contributed by atoms with van der Waals surface area (Å²) >= 11 is 0. The van der Waals surface area contributed by atoms with Crippen molar-refractivity contribution in [2.24, 2.45) is 11.8 Å². The van der Waals surface area contributed by atoms with E-state index in [1.807, 2.05) is 36.4 Å². The van der Waals surface area contributed by atoms with Crippen LogP contribution in [0.25, 0.3) is 0 Å². The number of fused-ring (bicyclic) bond motifs is 6. The summed E-state index contributed by atoms with van der Waals surface area (Å²) in [7, 11) is 0. The van der Waals surface area contributed by atoms with Gasteiger partial charge in [-0.05, 0) is 66.0 Å². The Bertz CT molecular complexity index is 1440. The Balaban J connectivity index is 1.31. The lowest BCUT2D eigenvalue weighted by molar-refractivity contribution is -0.123. The van der Waals surface area contributed by atoms with Crippen LogP contribution >= 0.6 is 0 Å². The molecule has 7 rings (SSSR count). The molecule has 4 nitrogen and oxygen atoms in total. The molecule has 2 heterocycles. The minimum atomic E-state index is -0.417. The molecule has 0 bridgehead atoms. The molecule has 1 aromatic heterocycles. The number of imide groups is 1. The number of aromatic nitrogens is 1. The van der Waals surface area contributed by atoms with Gasteiger partial charge in [-0.3, -0.25) is 9.59 Å². The van der Waals surface area contributed by atoms with Gasteiger partial charge in [-0.25, -0.2) is 4.90 Å². The van der Waals surface area contributed by atoms with Crippen molar-refractivity contribution >= 4 is 17.5 Å². The molecule has 2 amide bonds. The van der Waals surface area contributed by atoms with Gasteiger partial charge in [0.15, 0.2) is 0 Å². The maximum atomic E-state index is 14.1. The van der Waals surface area contributed by atoms with Gasteiger partial charge >= 0.3 is 0 Å². The molecule has 0 radical (unpaired) electrons. The summed E-state index contributed by atoms with van der Waals surface area (Å²) in [4.78, 5) is 33.3. The maximum Gasteiger partial charge on any atom is 0.242 e. The third kappa shape index (κ3) is 3.66. The van der Waals surface area contributed by atoms with E-state index in [-0.39, 0.29) is 29.6 Å². The minimum absolute atomic E-state index is 0.0265. The predicted octanol–water partition coefficient (Wildman–Crippen LogP) is 6.56. The van der Waals surface area contributed by atoms with Gasteiger partial charge in [0.1, 0.15) is 0 Å². The number of carbonyl (C=O) groups excluding carboxylic acids is 2. The Kier molecular flexibility index (Phi) is 5.35. The Morgan fingerprint density at radius 2 is 1.46 bits per heavy atom. The van der Waals surface area contributed by atoms with Gasteiger partial charge < -0.3 is 4.98 Å². The van der Waals surface area contributed by atoms with Crippen LogP contribution in [-0.4, -0.2) is 16.8 Å².